The topological polar surface area (TPSA) is 97.2 Å². The van der Waals surface area contributed by atoms with Gasteiger partial charge in [0.1, 0.15) is 0 Å². The van der Waals surface area contributed by atoms with Crippen LogP contribution in [-0.4, -0.2) is 50.7 Å². The molecule has 1 fully saturated rings. The molecule has 0 unspecified atom stereocenters. The SMILES string of the molecule is Cc1cn(CCNC(=O)CCN2C(=O)CCC2=O)nn1. The number of hydrogen-bond acceptors (Lipinski definition) is 5. The van der Waals surface area contributed by atoms with E-state index in [0.29, 0.717) is 13.1 Å². The third-order valence-corrected chi connectivity index (χ3v) is 3.03. The average molecular weight is 279 g/mol. The molecule has 108 valence electrons. The van der Waals surface area contributed by atoms with Crippen molar-refractivity contribution in [3.05, 3.63) is 11.9 Å². The van der Waals surface area contributed by atoms with E-state index in [9.17, 15) is 14.4 Å². The van der Waals surface area contributed by atoms with Crippen LogP contribution in [0, 0.1) is 6.92 Å². The Hall–Kier alpha value is -2.25. The number of nitrogens with one attached hydrogen (secondary N) is 1. The smallest absolute Gasteiger partial charge is 0.229 e. The van der Waals surface area contributed by atoms with Crippen molar-refractivity contribution in [2.75, 3.05) is 13.1 Å². The average Bonchev–Trinajstić information content (AvgIpc) is 2.95. The van der Waals surface area contributed by atoms with E-state index in [0.717, 1.165) is 10.6 Å². The van der Waals surface area contributed by atoms with Crippen molar-refractivity contribution in [3.8, 4) is 0 Å². The minimum absolute atomic E-state index is 0.133. The standard InChI is InChI=1S/C12H17N5O3/c1-9-8-16(15-14-9)7-5-13-10(18)4-6-17-11(19)2-3-12(17)20/h8H,2-7H2,1H3,(H,13,18). The summed E-state index contributed by atoms with van der Waals surface area (Å²) in [6.07, 6.45) is 2.43. The fraction of sp³-hybridized carbons (Fsp3) is 0.583. The number of imide groups is 1. The highest BCUT2D eigenvalue weighted by Crippen LogP contribution is 2.11. The number of likely N-dealkylation sites (tertiary alicyclic amines) is 1. The molecular formula is C12H17N5O3. The molecule has 0 saturated carbocycles. The Bertz CT molecular complexity index is 509. The summed E-state index contributed by atoms with van der Waals surface area (Å²) in [5.74, 6) is -0.573. The molecule has 2 rings (SSSR count). The lowest BCUT2D eigenvalue weighted by Gasteiger charge is -2.13. The van der Waals surface area contributed by atoms with Crippen LogP contribution in [0.2, 0.25) is 0 Å². The fourth-order valence-corrected chi connectivity index (χ4v) is 1.99. The zero-order chi connectivity index (χ0) is 14.5. The summed E-state index contributed by atoms with van der Waals surface area (Å²) in [6.45, 7) is 2.97. The van der Waals surface area contributed by atoms with E-state index in [2.05, 4.69) is 15.6 Å². The first-order valence-corrected chi connectivity index (χ1v) is 6.53. The van der Waals surface area contributed by atoms with Crippen LogP contribution in [-0.2, 0) is 20.9 Å². The van der Waals surface area contributed by atoms with Gasteiger partial charge in [-0.2, -0.15) is 0 Å². The molecule has 2 heterocycles. The van der Waals surface area contributed by atoms with Crippen molar-refractivity contribution in [3.63, 3.8) is 0 Å². The summed E-state index contributed by atoms with van der Waals surface area (Å²) >= 11 is 0. The molecule has 0 spiro atoms. The van der Waals surface area contributed by atoms with Gasteiger partial charge in [-0.25, -0.2) is 0 Å². The lowest BCUT2D eigenvalue weighted by molar-refractivity contribution is -0.138. The zero-order valence-corrected chi connectivity index (χ0v) is 11.3. The van der Waals surface area contributed by atoms with Gasteiger partial charge >= 0.3 is 0 Å². The second-order valence-corrected chi connectivity index (χ2v) is 4.66. The van der Waals surface area contributed by atoms with Gasteiger partial charge in [0.25, 0.3) is 0 Å². The first-order chi connectivity index (χ1) is 9.56. The van der Waals surface area contributed by atoms with E-state index in [1.807, 2.05) is 6.92 Å². The monoisotopic (exact) mass is 279 g/mol. The normalized spacial score (nSPS) is 14.9. The minimum Gasteiger partial charge on any atom is -0.354 e. The van der Waals surface area contributed by atoms with E-state index in [4.69, 9.17) is 0 Å². The number of aryl methyl sites for hydroxylation is 1. The van der Waals surface area contributed by atoms with Crippen molar-refractivity contribution in [2.45, 2.75) is 32.7 Å². The van der Waals surface area contributed by atoms with E-state index in [1.54, 1.807) is 10.9 Å². The van der Waals surface area contributed by atoms with Gasteiger partial charge in [0, 0.05) is 38.5 Å². The molecule has 0 aromatic carbocycles. The Balaban J connectivity index is 1.65. The highest BCUT2D eigenvalue weighted by molar-refractivity contribution is 6.02. The van der Waals surface area contributed by atoms with Crippen LogP contribution >= 0.6 is 0 Å². The summed E-state index contributed by atoms with van der Waals surface area (Å²) in [5.41, 5.74) is 0.822. The first-order valence-electron chi connectivity index (χ1n) is 6.53. The molecule has 1 aromatic rings. The number of carbonyl (C=O) groups excluding carboxylic acids is 3. The Morgan fingerprint density at radius 2 is 2.00 bits per heavy atom. The molecule has 1 N–H and O–H groups in total. The quantitative estimate of drug-likeness (QED) is 0.690. The van der Waals surface area contributed by atoms with Gasteiger partial charge in [-0.1, -0.05) is 5.21 Å². The van der Waals surface area contributed by atoms with Crippen LogP contribution in [0.1, 0.15) is 25.0 Å². The number of hydrogen-bond donors (Lipinski definition) is 1. The Kier molecular flexibility index (Phi) is 4.44. The Morgan fingerprint density at radius 3 is 2.60 bits per heavy atom. The molecule has 8 heteroatoms. The van der Waals surface area contributed by atoms with E-state index in [-0.39, 0.29) is 43.5 Å². The van der Waals surface area contributed by atoms with Crippen LogP contribution in [0.4, 0.5) is 0 Å². The largest absolute Gasteiger partial charge is 0.354 e. The minimum atomic E-state index is -0.194. The molecule has 1 aromatic heterocycles. The number of aromatic nitrogens is 3. The van der Waals surface area contributed by atoms with Crippen molar-refractivity contribution in [1.82, 2.24) is 25.2 Å². The second kappa shape index (κ2) is 6.27. The summed E-state index contributed by atoms with van der Waals surface area (Å²) in [6, 6.07) is 0. The lowest BCUT2D eigenvalue weighted by Crippen LogP contribution is -2.35. The molecule has 0 atom stereocenters. The van der Waals surface area contributed by atoms with Gasteiger partial charge in [-0.15, -0.1) is 5.10 Å². The molecule has 1 saturated heterocycles. The maximum absolute atomic E-state index is 11.6. The molecule has 1 aliphatic heterocycles. The van der Waals surface area contributed by atoms with Crippen LogP contribution in [0.5, 0.6) is 0 Å². The van der Waals surface area contributed by atoms with Crippen LogP contribution in [0.3, 0.4) is 0 Å². The molecule has 0 radical (unpaired) electrons. The Morgan fingerprint density at radius 1 is 1.30 bits per heavy atom. The molecule has 0 aliphatic carbocycles. The van der Waals surface area contributed by atoms with Crippen molar-refractivity contribution < 1.29 is 14.4 Å². The van der Waals surface area contributed by atoms with E-state index in [1.165, 1.54) is 0 Å². The van der Waals surface area contributed by atoms with Gasteiger partial charge < -0.3 is 5.32 Å². The summed E-state index contributed by atoms with van der Waals surface area (Å²) in [4.78, 5) is 35.5. The summed E-state index contributed by atoms with van der Waals surface area (Å²) < 4.78 is 1.64. The van der Waals surface area contributed by atoms with Gasteiger partial charge in [0.15, 0.2) is 0 Å². The van der Waals surface area contributed by atoms with E-state index >= 15 is 0 Å². The Labute approximate surface area is 116 Å². The number of rotatable bonds is 6. The van der Waals surface area contributed by atoms with Crippen molar-refractivity contribution in [1.29, 1.82) is 0 Å². The van der Waals surface area contributed by atoms with Gasteiger partial charge in [-0.3, -0.25) is 24.0 Å². The number of nitrogens with zero attached hydrogens (tertiary/aromatic N) is 4. The highest BCUT2D eigenvalue weighted by atomic mass is 16.2. The zero-order valence-electron chi connectivity index (χ0n) is 11.3. The lowest BCUT2D eigenvalue weighted by atomic mass is 10.3. The molecule has 20 heavy (non-hydrogen) atoms. The molecular weight excluding hydrogens is 262 g/mol. The highest BCUT2D eigenvalue weighted by Gasteiger charge is 2.28. The molecule has 8 nitrogen and oxygen atoms in total. The second-order valence-electron chi connectivity index (χ2n) is 4.66. The van der Waals surface area contributed by atoms with Crippen molar-refractivity contribution in [2.24, 2.45) is 0 Å². The maximum atomic E-state index is 11.6. The summed E-state index contributed by atoms with van der Waals surface area (Å²) in [5, 5.41) is 10.4. The summed E-state index contributed by atoms with van der Waals surface area (Å²) in [7, 11) is 0. The maximum Gasteiger partial charge on any atom is 0.229 e. The van der Waals surface area contributed by atoms with Gasteiger partial charge in [0.2, 0.25) is 17.7 Å². The van der Waals surface area contributed by atoms with Crippen LogP contribution in [0.25, 0.3) is 0 Å². The molecule has 3 amide bonds. The predicted octanol–water partition coefficient (Wildman–Crippen LogP) is -0.758. The van der Waals surface area contributed by atoms with E-state index < -0.39 is 0 Å². The van der Waals surface area contributed by atoms with Crippen LogP contribution in [0.15, 0.2) is 6.20 Å². The third kappa shape index (κ3) is 3.62. The van der Waals surface area contributed by atoms with Gasteiger partial charge in [0.05, 0.1) is 12.2 Å². The predicted molar refractivity (Wildman–Crippen MR) is 68.3 cm³/mol. The first kappa shape index (κ1) is 14.2. The van der Waals surface area contributed by atoms with Crippen LogP contribution < -0.4 is 5.32 Å². The number of amides is 3. The fourth-order valence-electron chi connectivity index (χ4n) is 1.99. The van der Waals surface area contributed by atoms with Gasteiger partial charge in [-0.05, 0) is 6.92 Å². The molecule has 0 bridgehead atoms. The number of carbonyl (C=O) groups is 3. The van der Waals surface area contributed by atoms with Crippen molar-refractivity contribution >= 4 is 17.7 Å². The molecule has 1 aliphatic rings. The third-order valence-electron chi connectivity index (χ3n) is 3.03.